The van der Waals surface area contributed by atoms with Gasteiger partial charge in [-0.3, -0.25) is 14.5 Å². The molecule has 3 aliphatic carbocycles. The molecule has 1 aromatic carbocycles. The predicted octanol–water partition coefficient (Wildman–Crippen LogP) is 3.68. The average Bonchev–Trinajstić information content (AvgIpc) is 3.84. The Morgan fingerprint density at radius 2 is 1.95 bits per heavy atom. The van der Waals surface area contributed by atoms with Crippen molar-refractivity contribution in [2.75, 3.05) is 16.6 Å². The van der Waals surface area contributed by atoms with Gasteiger partial charge in [0.2, 0.25) is 21.8 Å². The number of carbonyl (C=O) groups is 1. The van der Waals surface area contributed by atoms with E-state index >= 15 is 4.39 Å². The van der Waals surface area contributed by atoms with Crippen LogP contribution in [0.1, 0.15) is 44.9 Å². The number of ether oxygens (including phenoxy) is 1. The van der Waals surface area contributed by atoms with E-state index in [4.69, 9.17) is 4.74 Å². The third-order valence-corrected chi connectivity index (χ3v) is 9.28. The van der Waals surface area contributed by atoms with E-state index in [-0.39, 0.29) is 17.3 Å². The van der Waals surface area contributed by atoms with Crippen LogP contribution in [0.25, 0.3) is 11.3 Å². The summed E-state index contributed by atoms with van der Waals surface area (Å²) in [4.78, 5) is 31.0. The largest absolute Gasteiger partial charge is 0.477 e. The average molecular weight is 539 g/mol. The summed E-state index contributed by atoms with van der Waals surface area (Å²) in [7, 11) is -3.52. The van der Waals surface area contributed by atoms with Crippen molar-refractivity contribution < 1.29 is 22.3 Å². The second-order valence-electron chi connectivity index (χ2n) is 10.2. The Labute approximate surface area is 219 Å². The maximum Gasteiger partial charge on any atom is 0.238 e. The Morgan fingerprint density at radius 3 is 2.66 bits per heavy atom. The summed E-state index contributed by atoms with van der Waals surface area (Å²) in [6.45, 7) is 2.26. The fraction of sp³-hybridized carbons (Fsp3) is 0.423. The molecule has 2 heterocycles. The molecule has 3 aliphatic rings. The van der Waals surface area contributed by atoms with E-state index in [1.165, 1.54) is 36.8 Å². The quantitative estimate of drug-likeness (QED) is 0.421. The number of amides is 1. The summed E-state index contributed by atoms with van der Waals surface area (Å²) >= 11 is 0. The summed E-state index contributed by atoms with van der Waals surface area (Å²) in [5, 5.41) is 2.34. The van der Waals surface area contributed by atoms with Gasteiger partial charge in [-0.1, -0.05) is 6.07 Å². The molecule has 38 heavy (non-hydrogen) atoms. The van der Waals surface area contributed by atoms with Crippen molar-refractivity contribution >= 4 is 27.4 Å². The van der Waals surface area contributed by atoms with Gasteiger partial charge in [0, 0.05) is 11.8 Å². The molecule has 0 bridgehead atoms. The van der Waals surface area contributed by atoms with E-state index in [0.29, 0.717) is 61.3 Å². The summed E-state index contributed by atoms with van der Waals surface area (Å²) < 4.78 is 47.9. The monoisotopic (exact) mass is 538 g/mol. The number of sulfonamides is 1. The molecule has 0 radical (unpaired) electrons. The second kappa shape index (κ2) is 9.26. The van der Waals surface area contributed by atoms with Gasteiger partial charge in [-0.15, -0.1) is 0 Å². The highest BCUT2D eigenvalue weighted by Gasteiger charge is 2.59. The number of anilines is 2. The number of nitrogens with one attached hydrogen (secondary N) is 2. The van der Waals surface area contributed by atoms with E-state index in [1.807, 2.05) is 6.92 Å². The van der Waals surface area contributed by atoms with Gasteiger partial charge in [0.15, 0.2) is 0 Å². The lowest BCUT2D eigenvalue weighted by Gasteiger charge is -2.28. The van der Waals surface area contributed by atoms with Crippen LogP contribution < -0.4 is 14.8 Å². The van der Waals surface area contributed by atoms with Crippen LogP contribution in [0, 0.1) is 17.7 Å². The van der Waals surface area contributed by atoms with Crippen molar-refractivity contribution in [3.63, 3.8) is 0 Å². The van der Waals surface area contributed by atoms with Gasteiger partial charge in [-0.25, -0.2) is 27.8 Å². The van der Waals surface area contributed by atoms with Crippen LogP contribution in [0.2, 0.25) is 0 Å². The highest BCUT2D eigenvalue weighted by Crippen LogP contribution is 2.60. The molecular formula is C26H27FN6O4S. The summed E-state index contributed by atoms with van der Waals surface area (Å²) in [5.41, 5.74) is -0.112. The number of aromatic nitrogens is 4. The number of halogens is 1. The van der Waals surface area contributed by atoms with Crippen LogP contribution in [0.5, 0.6) is 5.88 Å². The molecule has 2 atom stereocenters. The molecule has 3 aromatic rings. The van der Waals surface area contributed by atoms with Crippen molar-refractivity contribution in [3.05, 3.63) is 54.5 Å². The fourth-order valence-electron chi connectivity index (χ4n) is 5.23. The molecule has 3 fully saturated rings. The van der Waals surface area contributed by atoms with Crippen molar-refractivity contribution in [2.24, 2.45) is 11.8 Å². The lowest BCUT2D eigenvalue weighted by Crippen LogP contribution is -2.41. The van der Waals surface area contributed by atoms with E-state index in [0.717, 1.165) is 6.42 Å². The van der Waals surface area contributed by atoms with Gasteiger partial charge in [-0.2, -0.15) is 0 Å². The van der Waals surface area contributed by atoms with Crippen LogP contribution in [0.15, 0.2) is 42.9 Å². The minimum atomic E-state index is -3.52. The molecule has 6 rings (SSSR count). The third-order valence-electron chi connectivity index (χ3n) is 7.44. The molecular weight excluding hydrogens is 511 g/mol. The molecule has 2 N–H and O–H groups in total. The molecule has 2 unspecified atom stereocenters. The number of benzene rings is 1. The molecule has 2 aromatic heterocycles. The van der Waals surface area contributed by atoms with Gasteiger partial charge in [0.25, 0.3) is 0 Å². The second-order valence-corrected chi connectivity index (χ2v) is 12.1. The summed E-state index contributed by atoms with van der Waals surface area (Å²) in [6.07, 6.45) is 7.79. The molecule has 0 spiro atoms. The van der Waals surface area contributed by atoms with E-state index in [2.05, 4.69) is 30.0 Å². The lowest BCUT2D eigenvalue weighted by molar-refractivity contribution is -0.122. The minimum absolute atomic E-state index is 0.0261. The normalized spacial score (nSPS) is 23.9. The zero-order valence-electron chi connectivity index (χ0n) is 20.7. The van der Waals surface area contributed by atoms with Crippen LogP contribution in [0.4, 0.5) is 15.9 Å². The smallest absolute Gasteiger partial charge is 0.238 e. The number of fused-ring (bicyclic) bond motifs is 1. The molecule has 10 nitrogen and oxygen atoms in total. The van der Waals surface area contributed by atoms with Gasteiger partial charge in [0.05, 0.1) is 35.6 Å². The maximum absolute atomic E-state index is 15.2. The van der Waals surface area contributed by atoms with E-state index in [9.17, 15) is 13.2 Å². The number of rotatable bonds is 9. The Kier molecular flexibility index (Phi) is 6.01. The first-order chi connectivity index (χ1) is 18.3. The number of nitrogens with zero attached hydrogens (tertiary/aromatic N) is 4. The van der Waals surface area contributed by atoms with Crippen molar-refractivity contribution in [2.45, 2.75) is 49.7 Å². The number of hydrogen-bond acceptors (Lipinski definition) is 8. The highest BCUT2D eigenvalue weighted by atomic mass is 32.2. The predicted molar refractivity (Wildman–Crippen MR) is 137 cm³/mol. The van der Waals surface area contributed by atoms with Crippen LogP contribution in [-0.4, -0.2) is 46.1 Å². The van der Waals surface area contributed by atoms with Gasteiger partial charge in [0.1, 0.15) is 22.9 Å². The SMILES string of the molecule is CCOc1cncc(-c2ccc(NC(=O)C3(c4nccc(NS(=O)(=O)C5CC5)n4)CC4CC4C3)c(F)c2)n1. The van der Waals surface area contributed by atoms with Gasteiger partial charge >= 0.3 is 0 Å². The fourth-order valence-corrected chi connectivity index (χ4v) is 6.56. The zero-order chi connectivity index (χ0) is 26.5. The molecule has 198 valence electrons. The van der Waals surface area contributed by atoms with Gasteiger partial charge in [-0.05, 0) is 69.1 Å². The van der Waals surface area contributed by atoms with Crippen molar-refractivity contribution in [3.8, 4) is 17.1 Å². The minimum Gasteiger partial charge on any atom is -0.477 e. The Bertz CT molecular complexity index is 1500. The molecule has 3 saturated carbocycles. The molecule has 12 heteroatoms. The van der Waals surface area contributed by atoms with Crippen molar-refractivity contribution in [1.82, 2.24) is 19.9 Å². The first-order valence-corrected chi connectivity index (χ1v) is 14.2. The Hall–Kier alpha value is -3.67. The van der Waals surface area contributed by atoms with Crippen LogP contribution in [-0.2, 0) is 20.2 Å². The Morgan fingerprint density at radius 1 is 1.16 bits per heavy atom. The van der Waals surface area contributed by atoms with Gasteiger partial charge < -0.3 is 10.1 Å². The van der Waals surface area contributed by atoms with Crippen molar-refractivity contribution in [1.29, 1.82) is 0 Å². The highest BCUT2D eigenvalue weighted by molar-refractivity contribution is 7.93. The maximum atomic E-state index is 15.2. The van der Waals surface area contributed by atoms with E-state index in [1.54, 1.807) is 6.07 Å². The Balaban J connectivity index is 1.25. The first-order valence-electron chi connectivity index (χ1n) is 12.7. The standard InChI is InChI=1S/C26H27FN6O4S/c1-2-37-23-14-28-13-21(30-23)15-3-6-20(19(27)10-15)31-25(34)26(11-16-9-17(16)12-26)24-29-8-7-22(32-24)33-38(35,36)18-4-5-18/h3,6-8,10,13-14,16-18H,2,4-5,9,11-12H2,1H3,(H,31,34)(H,29,32,33). The number of hydrogen-bond donors (Lipinski definition) is 2. The lowest BCUT2D eigenvalue weighted by atomic mass is 9.80. The molecule has 0 saturated heterocycles. The first kappa shape index (κ1) is 24.7. The van der Waals surface area contributed by atoms with E-state index < -0.39 is 32.4 Å². The van der Waals surface area contributed by atoms with Crippen LogP contribution >= 0.6 is 0 Å². The molecule has 0 aliphatic heterocycles. The summed E-state index contributed by atoms with van der Waals surface area (Å²) in [5.74, 6) is 0.449. The topological polar surface area (TPSA) is 136 Å². The number of carbonyl (C=O) groups excluding carboxylic acids is 1. The summed E-state index contributed by atoms with van der Waals surface area (Å²) in [6, 6.07) is 5.91. The van der Waals surface area contributed by atoms with Crippen LogP contribution in [0.3, 0.4) is 0 Å². The molecule has 1 amide bonds. The zero-order valence-corrected chi connectivity index (χ0v) is 21.5. The third kappa shape index (κ3) is 4.68.